The predicted molar refractivity (Wildman–Crippen MR) is 120 cm³/mol. The lowest BCUT2D eigenvalue weighted by atomic mass is 10.2. The number of anilines is 2. The van der Waals surface area contributed by atoms with Crippen LogP contribution in [0, 0.1) is 0 Å². The summed E-state index contributed by atoms with van der Waals surface area (Å²) >= 11 is 14.6. The lowest BCUT2D eigenvalue weighted by Gasteiger charge is -2.06. The summed E-state index contributed by atoms with van der Waals surface area (Å²) < 4.78 is 1.81. The van der Waals surface area contributed by atoms with Gasteiger partial charge in [-0.1, -0.05) is 35.0 Å². The summed E-state index contributed by atoms with van der Waals surface area (Å²) in [6, 6.07) is 8.64. The maximum Gasteiger partial charge on any atom is 0.234 e. The molecule has 4 aromatic rings. The Kier molecular flexibility index (Phi) is 5.64. The van der Waals surface area contributed by atoms with Crippen LogP contribution in [0.2, 0.25) is 10.0 Å². The standard InChI is InChI=1S/C18H14Cl2N6OS2/c1-26-16(15-14(21)12-3-2-4-22-17(12)29-15)24-25-18(26)28-8-13(27)23-11-6-9(19)5-10(20)7-11/h2-7H,8,21H2,1H3,(H,23,27). The van der Waals surface area contributed by atoms with Gasteiger partial charge in [-0.05, 0) is 30.3 Å². The highest BCUT2D eigenvalue weighted by Gasteiger charge is 2.19. The maximum absolute atomic E-state index is 12.3. The summed E-state index contributed by atoms with van der Waals surface area (Å²) in [4.78, 5) is 18.3. The molecule has 1 aromatic carbocycles. The van der Waals surface area contributed by atoms with Crippen LogP contribution in [0.3, 0.4) is 0 Å². The highest BCUT2D eigenvalue weighted by atomic mass is 35.5. The lowest BCUT2D eigenvalue weighted by Crippen LogP contribution is -2.14. The molecule has 0 bridgehead atoms. The first-order chi connectivity index (χ1) is 13.9. The molecule has 11 heteroatoms. The maximum atomic E-state index is 12.3. The van der Waals surface area contributed by atoms with Crippen LogP contribution in [0.5, 0.6) is 0 Å². The van der Waals surface area contributed by atoms with E-state index in [1.165, 1.54) is 23.1 Å². The average molecular weight is 465 g/mol. The quantitative estimate of drug-likeness (QED) is 0.414. The zero-order valence-corrected chi connectivity index (χ0v) is 18.2. The average Bonchev–Trinajstić information content (AvgIpc) is 3.19. The third kappa shape index (κ3) is 4.18. The first kappa shape index (κ1) is 20.0. The first-order valence-corrected chi connectivity index (χ1v) is 10.9. The molecular formula is C18H14Cl2N6OS2. The van der Waals surface area contributed by atoms with Gasteiger partial charge in [-0.25, -0.2) is 4.98 Å². The zero-order valence-electron chi connectivity index (χ0n) is 15.0. The van der Waals surface area contributed by atoms with Crippen LogP contribution in [0.1, 0.15) is 0 Å². The van der Waals surface area contributed by atoms with Gasteiger partial charge in [-0.3, -0.25) is 4.79 Å². The minimum absolute atomic E-state index is 0.152. The smallest absolute Gasteiger partial charge is 0.234 e. The molecule has 0 aliphatic carbocycles. The lowest BCUT2D eigenvalue weighted by molar-refractivity contribution is -0.113. The molecule has 29 heavy (non-hydrogen) atoms. The van der Waals surface area contributed by atoms with Gasteiger partial charge in [0.05, 0.1) is 16.3 Å². The monoisotopic (exact) mass is 464 g/mol. The van der Waals surface area contributed by atoms with E-state index < -0.39 is 0 Å². The Hall–Kier alpha value is -2.33. The van der Waals surface area contributed by atoms with Gasteiger partial charge in [-0.15, -0.1) is 21.5 Å². The van der Waals surface area contributed by atoms with Crippen molar-refractivity contribution in [1.82, 2.24) is 19.7 Å². The van der Waals surface area contributed by atoms with Crippen LogP contribution in [-0.2, 0) is 11.8 Å². The van der Waals surface area contributed by atoms with E-state index in [1.54, 1.807) is 24.4 Å². The molecule has 0 atom stereocenters. The summed E-state index contributed by atoms with van der Waals surface area (Å²) in [6.45, 7) is 0. The molecule has 0 spiro atoms. The van der Waals surface area contributed by atoms with Crippen LogP contribution in [-0.4, -0.2) is 31.4 Å². The van der Waals surface area contributed by atoms with E-state index in [0.717, 1.165) is 15.1 Å². The number of hydrogen-bond acceptors (Lipinski definition) is 7. The van der Waals surface area contributed by atoms with E-state index >= 15 is 0 Å². The van der Waals surface area contributed by atoms with Crippen LogP contribution in [0.4, 0.5) is 11.4 Å². The van der Waals surface area contributed by atoms with Gasteiger partial charge in [0, 0.05) is 34.4 Å². The number of aromatic nitrogens is 4. The van der Waals surface area contributed by atoms with Gasteiger partial charge in [-0.2, -0.15) is 0 Å². The van der Waals surface area contributed by atoms with E-state index in [1.807, 2.05) is 23.7 Å². The number of halogens is 2. The SMILES string of the molecule is Cn1c(SCC(=O)Nc2cc(Cl)cc(Cl)c2)nnc1-c1sc2ncccc2c1N. The van der Waals surface area contributed by atoms with Crippen molar-refractivity contribution in [2.75, 3.05) is 16.8 Å². The number of carbonyl (C=O) groups is 1. The second-order valence-electron chi connectivity index (χ2n) is 6.06. The molecule has 0 fully saturated rings. The van der Waals surface area contributed by atoms with Crippen LogP contribution >= 0.6 is 46.3 Å². The molecule has 0 saturated carbocycles. The van der Waals surface area contributed by atoms with Gasteiger partial charge in [0.1, 0.15) is 4.83 Å². The highest BCUT2D eigenvalue weighted by Crippen LogP contribution is 2.39. The van der Waals surface area contributed by atoms with Crippen molar-refractivity contribution in [1.29, 1.82) is 0 Å². The number of pyridine rings is 1. The molecule has 148 valence electrons. The van der Waals surface area contributed by atoms with Crippen molar-refractivity contribution in [2.24, 2.45) is 7.05 Å². The number of nitrogens with two attached hydrogens (primary N) is 1. The molecule has 4 rings (SSSR count). The summed E-state index contributed by atoms with van der Waals surface area (Å²) in [5, 5.41) is 13.6. The molecule has 0 saturated heterocycles. The van der Waals surface area contributed by atoms with Gasteiger partial charge in [0.15, 0.2) is 11.0 Å². The summed E-state index contributed by atoms with van der Waals surface area (Å²) in [7, 11) is 1.84. The summed E-state index contributed by atoms with van der Waals surface area (Å²) in [5.41, 5.74) is 7.44. The van der Waals surface area contributed by atoms with Crippen molar-refractivity contribution in [3.05, 3.63) is 46.6 Å². The number of hydrogen-bond donors (Lipinski definition) is 2. The number of nitrogens with zero attached hydrogens (tertiary/aromatic N) is 4. The van der Waals surface area contributed by atoms with Gasteiger partial charge in [0.25, 0.3) is 0 Å². The second kappa shape index (κ2) is 8.19. The summed E-state index contributed by atoms with van der Waals surface area (Å²) in [5.74, 6) is 0.581. The van der Waals surface area contributed by atoms with Crippen LogP contribution in [0.25, 0.3) is 20.9 Å². The Morgan fingerprint density at radius 1 is 1.28 bits per heavy atom. The van der Waals surface area contributed by atoms with Crippen molar-refractivity contribution < 1.29 is 4.79 Å². The van der Waals surface area contributed by atoms with Crippen molar-refractivity contribution in [3.8, 4) is 10.7 Å². The number of carbonyl (C=O) groups excluding carboxylic acids is 1. The van der Waals surface area contributed by atoms with Crippen molar-refractivity contribution in [2.45, 2.75) is 5.16 Å². The first-order valence-electron chi connectivity index (χ1n) is 8.34. The minimum Gasteiger partial charge on any atom is -0.397 e. The molecule has 0 aliphatic heterocycles. The number of thioether (sulfide) groups is 1. The molecule has 7 nitrogen and oxygen atoms in total. The molecule has 1 amide bonds. The third-order valence-corrected chi connectivity index (χ3v) is 6.60. The number of nitrogens with one attached hydrogen (secondary N) is 1. The topological polar surface area (TPSA) is 98.7 Å². The third-order valence-electron chi connectivity index (χ3n) is 4.02. The largest absolute Gasteiger partial charge is 0.397 e. The molecule has 3 heterocycles. The fourth-order valence-corrected chi connectivity index (χ4v) is 5.03. The predicted octanol–water partition coefficient (Wildman–Crippen LogP) is 4.71. The van der Waals surface area contributed by atoms with E-state index in [0.29, 0.717) is 32.4 Å². The molecule has 0 aliphatic rings. The van der Waals surface area contributed by atoms with Gasteiger partial charge >= 0.3 is 0 Å². The Morgan fingerprint density at radius 3 is 2.76 bits per heavy atom. The second-order valence-corrected chi connectivity index (χ2v) is 8.88. The fraction of sp³-hybridized carbons (Fsp3) is 0.111. The Morgan fingerprint density at radius 2 is 2.03 bits per heavy atom. The molecule has 0 radical (unpaired) electrons. The highest BCUT2D eigenvalue weighted by molar-refractivity contribution is 7.99. The van der Waals surface area contributed by atoms with Gasteiger partial charge < -0.3 is 15.6 Å². The Balaban J connectivity index is 1.48. The van der Waals surface area contributed by atoms with Crippen LogP contribution < -0.4 is 11.1 Å². The van der Waals surface area contributed by atoms with E-state index in [9.17, 15) is 4.79 Å². The van der Waals surface area contributed by atoms with E-state index in [4.69, 9.17) is 28.9 Å². The van der Waals surface area contributed by atoms with E-state index in [-0.39, 0.29) is 11.7 Å². The number of thiophene rings is 1. The number of fused-ring (bicyclic) bond motifs is 1. The van der Waals surface area contributed by atoms with Crippen molar-refractivity contribution >= 4 is 73.8 Å². The van der Waals surface area contributed by atoms with Crippen molar-refractivity contribution in [3.63, 3.8) is 0 Å². The fourth-order valence-electron chi connectivity index (χ4n) is 2.71. The number of rotatable bonds is 5. The molecule has 3 N–H and O–H groups in total. The Labute approximate surface area is 184 Å². The van der Waals surface area contributed by atoms with E-state index in [2.05, 4.69) is 20.5 Å². The van der Waals surface area contributed by atoms with Crippen LogP contribution in [0.15, 0.2) is 41.7 Å². The molecule has 0 unspecified atom stereocenters. The number of amides is 1. The molecular weight excluding hydrogens is 451 g/mol. The molecule has 3 aromatic heterocycles. The summed E-state index contributed by atoms with van der Waals surface area (Å²) in [6.07, 6.45) is 1.73. The number of nitrogen functional groups attached to an aromatic ring is 1. The normalized spacial score (nSPS) is 11.1. The van der Waals surface area contributed by atoms with Gasteiger partial charge in [0.2, 0.25) is 5.91 Å². The number of benzene rings is 1. The Bertz CT molecular complexity index is 1200. The minimum atomic E-state index is -0.205. The zero-order chi connectivity index (χ0) is 20.5.